The lowest BCUT2D eigenvalue weighted by Gasteiger charge is -2.07. The van der Waals surface area contributed by atoms with E-state index in [1.54, 1.807) is 13.0 Å². The lowest BCUT2D eigenvalue weighted by molar-refractivity contribution is 0.314. The van der Waals surface area contributed by atoms with Gasteiger partial charge in [0.05, 0.1) is 6.61 Å². The minimum atomic E-state index is -0.912. The SMILES string of the molecule is CCCc1ccc(-c2ccc(OCC)c(F)c2F)s1. The zero-order chi connectivity index (χ0) is 13.8. The van der Waals surface area contributed by atoms with E-state index in [9.17, 15) is 8.78 Å². The molecule has 1 aromatic carbocycles. The summed E-state index contributed by atoms with van der Waals surface area (Å²) in [7, 11) is 0. The van der Waals surface area contributed by atoms with Gasteiger partial charge in [-0.1, -0.05) is 13.3 Å². The maximum Gasteiger partial charge on any atom is 0.201 e. The van der Waals surface area contributed by atoms with Crippen LogP contribution in [-0.4, -0.2) is 6.61 Å². The first-order valence-corrected chi connectivity index (χ1v) is 7.18. The number of thiophene rings is 1. The van der Waals surface area contributed by atoms with E-state index in [1.807, 2.05) is 12.1 Å². The van der Waals surface area contributed by atoms with Crippen LogP contribution < -0.4 is 4.74 Å². The number of halogens is 2. The van der Waals surface area contributed by atoms with E-state index in [-0.39, 0.29) is 5.75 Å². The largest absolute Gasteiger partial charge is 0.491 e. The van der Waals surface area contributed by atoms with Crippen LogP contribution in [0.3, 0.4) is 0 Å². The highest BCUT2D eigenvalue weighted by molar-refractivity contribution is 7.15. The summed E-state index contributed by atoms with van der Waals surface area (Å²) >= 11 is 1.51. The highest BCUT2D eigenvalue weighted by Crippen LogP contribution is 2.34. The molecule has 0 aliphatic heterocycles. The Hall–Kier alpha value is -1.42. The summed E-state index contributed by atoms with van der Waals surface area (Å²) in [5.74, 6) is -1.78. The third kappa shape index (κ3) is 2.95. The molecule has 102 valence electrons. The maximum atomic E-state index is 14.0. The topological polar surface area (TPSA) is 9.23 Å². The summed E-state index contributed by atoms with van der Waals surface area (Å²) in [6.45, 7) is 4.15. The first-order chi connectivity index (χ1) is 9.17. The lowest BCUT2D eigenvalue weighted by Crippen LogP contribution is -1.98. The minimum Gasteiger partial charge on any atom is -0.491 e. The van der Waals surface area contributed by atoms with E-state index in [4.69, 9.17) is 4.74 Å². The number of hydrogen-bond donors (Lipinski definition) is 0. The van der Waals surface area contributed by atoms with E-state index in [2.05, 4.69) is 6.92 Å². The molecule has 19 heavy (non-hydrogen) atoms. The molecule has 1 aromatic heterocycles. The number of ether oxygens (including phenoxy) is 1. The van der Waals surface area contributed by atoms with Crippen molar-refractivity contribution in [3.63, 3.8) is 0 Å². The smallest absolute Gasteiger partial charge is 0.201 e. The van der Waals surface area contributed by atoms with E-state index in [0.29, 0.717) is 12.2 Å². The van der Waals surface area contributed by atoms with E-state index in [1.165, 1.54) is 22.3 Å². The van der Waals surface area contributed by atoms with Crippen molar-refractivity contribution in [2.75, 3.05) is 6.61 Å². The third-order valence-electron chi connectivity index (χ3n) is 2.77. The van der Waals surface area contributed by atoms with Gasteiger partial charge in [-0.2, -0.15) is 4.39 Å². The van der Waals surface area contributed by atoms with Crippen molar-refractivity contribution in [3.05, 3.63) is 40.8 Å². The summed E-state index contributed by atoms with van der Waals surface area (Å²) in [6.07, 6.45) is 2.01. The molecule has 0 saturated heterocycles. The van der Waals surface area contributed by atoms with Crippen molar-refractivity contribution in [3.8, 4) is 16.2 Å². The molecule has 2 aromatic rings. The Morgan fingerprint density at radius 2 is 1.84 bits per heavy atom. The van der Waals surface area contributed by atoms with Crippen molar-refractivity contribution in [1.82, 2.24) is 0 Å². The van der Waals surface area contributed by atoms with Gasteiger partial charge in [0, 0.05) is 15.3 Å². The molecule has 0 unspecified atom stereocenters. The summed E-state index contributed by atoms with van der Waals surface area (Å²) in [6, 6.07) is 6.87. The van der Waals surface area contributed by atoms with Crippen LogP contribution in [0.5, 0.6) is 5.75 Å². The van der Waals surface area contributed by atoms with Gasteiger partial charge in [0.2, 0.25) is 5.82 Å². The first-order valence-electron chi connectivity index (χ1n) is 6.37. The Morgan fingerprint density at radius 3 is 2.53 bits per heavy atom. The van der Waals surface area contributed by atoms with Gasteiger partial charge in [0.15, 0.2) is 11.6 Å². The van der Waals surface area contributed by atoms with Gasteiger partial charge in [0.1, 0.15) is 0 Å². The second-order valence-corrected chi connectivity index (χ2v) is 5.36. The van der Waals surface area contributed by atoms with Crippen LogP contribution in [0.4, 0.5) is 8.78 Å². The Kier molecular flexibility index (Phi) is 4.53. The molecule has 0 spiro atoms. The fourth-order valence-corrected chi connectivity index (χ4v) is 3.02. The fourth-order valence-electron chi connectivity index (χ4n) is 1.89. The van der Waals surface area contributed by atoms with Crippen LogP contribution in [0.25, 0.3) is 10.4 Å². The predicted molar refractivity (Wildman–Crippen MR) is 74.8 cm³/mol. The first kappa shape index (κ1) is 14.0. The Morgan fingerprint density at radius 1 is 1.05 bits per heavy atom. The van der Waals surface area contributed by atoms with Crippen LogP contribution in [-0.2, 0) is 6.42 Å². The van der Waals surface area contributed by atoms with Gasteiger partial charge in [-0.15, -0.1) is 11.3 Å². The van der Waals surface area contributed by atoms with Crippen LogP contribution in [0.15, 0.2) is 24.3 Å². The van der Waals surface area contributed by atoms with Gasteiger partial charge >= 0.3 is 0 Å². The normalized spacial score (nSPS) is 10.7. The van der Waals surface area contributed by atoms with Crippen LogP contribution in [0.1, 0.15) is 25.1 Å². The van der Waals surface area contributed by atoms with Crippen molar-refractivity contribution >= 4 is 11.3 Å². The average Bonchev–Trinajstić information content (AvgIpc) is 2.84. The molecule has 0 saturated carbocycles. The van der Waals surface area contributed by atoms with Gasteiger partial charge < -0.3 is 4.74 Å². The molecular formula is C15H16F2OS. The van der Waals surface area contributed by atoms with Crippen LogP contribution in [0.2, 0.25) is 0 Å². The highest BCUT2D eigenvalue weighted by Gasteiger charge is 2.16. The summed E-state index contributed by atoms with van der Waals surface area (Å²) in [5, 5.41) is 0. The van der Waals surface area contributed by atoms with Crippen molar-refractivity contribution in [2.45, 2.75) is 26.7 Å². The number of hydrogen-bond acceptors (Lipinski definition) is 2. The second kappa shape index (κ2) is 6.15. The number of aryl methyl sites for hydroxylation is 1. The molecule has 1 nitrogen and oxygen atoms in total. The lowest BCUT2D eigenvalue weighted by atomic mass is 10.1. The summed E-state index contributed by atoms with van der Waals surface area (Å²) in [4.78, 5) is 1.94. The highest BCUT2D eigenvalue weighted by atomic mass is 32.1. The van der Waals surface area contributed by atoms with Crippen LogP contribution >= 0.6 is 11.3 Å². The molecule has 0 aliphatic carbocycles. The van der Waals surface area contributed by atoms with E-state index in [0.717, 1.165) is 17.7 Å². The minimum absolute atomic E-state index is 0.0333. The van der Waals surface area contributed by atoms with Gasteiger partial charge in [-0.05, 0) is 37.6 Å². The van der Waals surface area contributed by atoms with Crippen molar-refractivity contribution < 1.29 is 13.5 Å². The van der Waals surface area contributed by atoms with Gasteiger partial charge in [0.25, 0.3) is 0 Å². The third-order valence-corrected chi connectivity index (χ3v) is 3.95. The molecule has 2 rings (SSSR count). The van der Waals surface area contributed by atoms with E-state index < -0.39 is 11.6 Å². The Bertz CT molecular complexity index is 563. The average molecular weight is 282 g/mol. The van der Waals surface area contributed by atoms with Gasteiger partial charge in [-0.3, -0.25) is 0 Å². The molecule has 0 atom stereocenters. The van der Waals surface area contributed by atoms with Crippen molar-refractivity contribution in [2.24, 2.45) is 0 Å². The molecule has 4 heteroatoms. The maximum absolute atomic E-state index is 14.0. The fraction of sp³-hybridized carbons (Fsp3) is 0.333. The van der Waals surface area contributed by atoms with Gasteiger partial charge in [-0.25, -0.2) is 4.39 Å². The Labute approximate surface area is 115 Å². The van der Waals surface area contributed by atoms with Crippen molar-refractivity contribution in [1.29, 1.82) is 0 Å². The molecule has 1 heterocycles. The Balaban J connectivity index is 2.36. The zero-order valence-electron chi connectivity index (χ0n) is 11.0. The molecule has 0 N–H and O–H groups in total. The monoisotopic (exact) mass is 282 g/mol. The number of benzene rings is 1. The second-order valence-electron chi connectivity index (χ2n) is 4.19. The molecule has 0 aliphatic rings. The molecule has 0 bridgehead atoms. The van der Waals surface area contributed by atoms with E-state index >= 15 is 0 Å². The zero-order valence-corrected chi connectivity index (χ0v) is 11.8. The molecule has 0 fully saturated rings. The van der Waals surface area contributed by atoms with Crippen LogP contribution in [0, 0.1) is 11.6 Å². The number of rotatable bonds is 5. The predicted octanol–water partition coefficient (Wildman–Crippen LogP) is 5.04. The molecular weight excluding hydrogens is 266 g/mol. The summed E-state index contributed by atoms with van der Waals surface area (Å²) in [5.41, 5.74) is 0.299. The quantitative estimate of drug-likeness (QED) is 0.746. The molecule has 0 radical (unpaired) electrons. The standard InChI is InChI=1S/C15H16F2OS/c1-3-5-10-6-9-13(19-10)11-7-8-12(18-4-2)15(17)14(11)16/h6-9H,3-5H2,1-2H3. The summed E-state index contributed by atoms with van der Waals surface area (Å²) < 4.78 is 32.9. The molecule has 0 amide bonds.